The van der Waals surface area contributed by atoms with Crippen molar-refractivity contribution in [3.8, 4) is 11.5 Å². The van der Waals surface area contributed by atoms with E-state index in [2.05, 4.69) is 0 Å². The lowest BCUT2D eigenvalue weighted by atomic mass is 9.97. The summed E-state index contributed by atoms with van der Waals surface area (Å²) in [6, 6.07) is 2.87. The molecular formula is C17H16ClF3O4. The Morgan fingerprint density at radius 2 is 1.92 bits per heavy atom. The number of hydrogen-bond donors (Lipinski definition) is 1. The molecule has 3 rings (SSSR count). The first-order valence-electron chi connectivity index (χ1n) is 7.94. The first kappa shape index (κ1) is 17.9. The molecule has 1 fully saturated rings. The average molecular weight is 377 g/mol. The molecule has 0 radical (unpaired) electrons. The van der Waals surface area contributed by atoms with Gasteiger partial charge in [0, 0.05) is 11.6 Å². The quantitative estimate of drug-likeness (QED) is 0.819. The van der Waals surface area contributed by atoms with E-state index in [-0.39, 0.29) is 22.4 Å². The molecule has 1 aromatic carbocycles. The second-order valence-electron chi connectivity index (χ2n) is 6.15. The van der Waals surface area contributed by atoms with E-state index in [4.69, 9.17) is 26.2 Å². The molecule has 0 saturated heterocycles. The second kappa shape index (κ2) is 6.78. The molecule has 1 unspecified atom stereocenters. The fourth-order valence-electron chi connectivity index (χ4n) is 3.11. The maximum absolute atomic E-state index is 13.1. The van der Waals surface area contributed by atoms with Crippen molar-refractivity contribution in [1.82, 2.24) is 0 Å². The first-order valence-corrected chi connectivity index (χ1v) is 8.32. The summed E-state index contributed by atoms with van der Waals surface area (Å²) >= 11 is 6.06. The molecular weight excluding hydrogens is 361 g/mol. The largest absolute Gasteiger partial charge is 0.490 e. The molecule has 4 nitrogen and oxygen atoms in total. The van der Waals surface area contributed by atoms with Gasteiger partial charge >= 0.3 is 12.1 Å². The third kappa shape index (κ3) is 3.86. The summed E-state index contributed by atoms with van der Waals surface area (Å²) in [5.41, 5.74) is -0.720. The molecule has 8 heteroatoms. The maximum Gasteiger partial charge on any atom is 0.430 e. The lowest BCUT2D eigenvalue weighted by molar-refractivity contribution is -0.187. The standard InChI is InChI=1S/C17H16ClF3O4/c18-13-8-11(24-10-4-2-1-3-5-10)6-9-7-12(16(22)23)15(17(19,20)21)25-14(9)13/h6-8,10,15H,1-5H2,(H,22,23). The predicted molar refractivity (Wildman–Crippen MR) is 85.0 cm³/mol. The molecule has 1 saturated carbocycles. The number of rotatable bonds is 3. The molecule has 1 atom stereocenters. The van der Waals surface area contributed by atoms with Crippen molar-refractivity contribution in [2.75, 3.05) is 0 Å². The van der Waals surface area contributed by atoms with Crippen LogP contribution in [0.2, 0.25) is 5.02 Å². The highest BCUT2D eigenvalue weighted by Gasteiger charge is 2.48. The summed E-state index contributed by atoms with van der Waals surface area (Å²) < 4.78 is 49.9. The van der Waals surface area contributed by atoms with E-state index in [1.807, 2.05) is 0 Å². The zero-order valence-corrected chi connectivity index (χ0v) is 13.9. The van der Waals surface area contributed by atoms with Crippen LogP contribution in [0.4, 0.5) is 13.2 Å². The molecule has 1 aliphatic carbocycles. The summed E-state index contributed by atoms with van der Waals surface area (Å²) in [5.74, 6) is -1.49. The molecule has 0 spiro atoms. The molecule has 0 aromatic heterocycles. The Morgan fingerprint density at radius 3 is 2.52 bits per heavy atom. The maximum atomic E-state index is 13.1. The zero-order valence-electron chi connectivity index (χ0n) is 13.1. The smallest absolute Gasteiger partial charge is 0.430 e. The normalized spacial score (nSPS) is 21.1. The van der Waals surface area contributed by atoms with E-state index in [1.165, 1.54) is 12.1 Å². The second-order valence-corrected chi connectivity index (χ2v) is 6.55. The van der Waals surface area contributed by atoms with Gasteiger partial charge in [-0.05, 0) is 37.8 Å². The van der Waals surface area contributed by atoms with Crippen LogP contribution < -0.4 is 9.47 Å². The number of benzene rings is 1. The molecule has 2 aliphatic rings. The van der Waals surface area contributed by atoms with Gasteiger partial charge in [0.2, 0.25) is 6.10 Å². The molecule has 1 heterocycles. The van der Waals surface area contributed by atoms with Crippen molar-refractivity contribution in [3.05, 3.63) is 28.3 Å². The van der Waals surface area contributed by atoms with E-state index in [0.29, 0.717) is 5.75 Å². The van der Waals surface area contributed by atoms with E-state index < -0.39 is 23.8 Å². The predicted octanol–water partition coefficient (Wildman–Crippen LogP) is 4.84. The topological polar surface area (TPSA) is 55.8 Å². The van der Waals surface area contributed by atoms with E-state index in [9.17, 15) is 18.0 Å². The summed E-state index contributed by atoms with van der Waals surface area (Å²) in [7, 11) is 0. The number of fused-ring (bicyclic) bond motifs is 1. The lowest BCUT2D eigenvalue weighted by Gasteiger charge is -2.28. The summed E-state index contributed by atoms with van der Waals surface area (Å²) in [6.45, 7) is 0. The molecule has 1 aliphatic heterocycles. The van der Waals surface area contributed by atoms with Crippen molar-refractivity contribution < 1.29 is 32.5 Å². The number of ether oxygens (including phenoxy) is 2. The van der Waals surface area contributed by atoms with Gasteiger partial charge in [-0.1, -0.05) is 18.0 Å². The van der Waals surface area contributed by atoms with Crippen LogP contribution in [0.15, 0.2) is 17.7 Å². The molecule has 136 valence electrons. The number of alkyl halides is 3. The van der Waals surface area contributed by atoms with Crippen LogP contribution in [0.3, 0.4) is 0 Å². The number of carboxylic acids is 1. The van der Waals surface area contributed by atoms with Crippen molar-refractivity contribution in [1.29, 1.82) is 0 Å². The van der Waals surface area contributed by atoms with Crippen molar-refractivity contribution >= 4 is 23.6 Å². The van der Waals surface area contributed by atoms with Gasteiger partial charge in [-0.3, -0.25) is 0 Å². The van der Waals surface area contributed by atoms with Crippen molar-refractivity contribution in [2.24, 2.45) is 0 Å². The van der Waals surface area contributed by atoms with Gasteiger partial charge in [0.15, 0.2) is 0 Å². The van der Waals surface area contributed by atoms with Gasteiger partial charge in [0.05, 0.1) is 16.7 Å². The molecule has 25 heavy (non-hydrogen) atoms. The van der Waals surface area contributed by atoms with Crippen LogP contribution in [0.25, 0.3) is 6.08 Å². The molecule has 0 amide bonds. The fraction of sp³-hybridized carbons (Fsp3) is 0.471. The number of aliphatic carboxylic acids is 1. The minimum atomic E-state index is -4.86. The first-order chi connectivity index (χ1) is 11.8. The van der Waals surface area contributed by atoms with Crippen LogP contribution in [0.1, 0.15) is 37.7 Å². The van der Waals surface area contributed by atoms with Gasteiger partial charge in [-0.25, -0.2) is 4.79 Å². The van der Waals surface area contributed by atoms with Gasteiger partial charge in [-0.2, -0.15) is 13.2 Å². The van der Waals surface area contributed by atoms with E-state index >= 15 is 0 Å². The van der Waals surface area contributed by atoms with Crippen molar-refractivity contribution in [3.63, 3.8) is 0 Å². The number of halogens is 4. The van der Waals surface area contributed by atoms with Gasteiger partial charge in [0.25, 0.3) is 0 Å². The van der Waals surface area contributed by atoms with E-state index in [0.717, 1.165) is 38.2 Å². The van der Waals surface area contributed by atoms with Crippen LogP contribution in [-0.2, 0) is 4.79 Å². The van der Waals surface area contributed by atoms with Crippen LogP contribution >= 0.6 is 11.6 Å². The fourth-order valence-corrected chi connectivity index (χ4v) is 3.37. The summed E-state index contributed by atoms with van der Waals surface area (Å²) in [6.07, 6.45) is -1.37. The Morgan fingerprint density at radius 1 is 1.24 bits per heavy atom. The Bertz CT molecular complexity index is 709. The SMILES string of the molecule is O=C(O)C1=Cc2cc(OC3CCCCC3)cc(Cl)c2OC1C(F)(F)F. The van der Waals surface area contributed by atoms with E-state index in [1.54, 1.807) is 0 Å². The number of carboxylic acid groups (broad SMARTS) is 1. The van der Waals surface area contributed by atoms with Crippen LogP contribution in [0.5, 0.6) is 11.5 Å². The summed E-state index contributed by atoms with van der Waals surface area (Å²) in [5, 5.41) is 9.04. The van der Waals surface area contributed by atoms with Gasteiger partial charge in [0.1, 0.15) is 11.5 Å². The minimum absolute atomic E-state index is 0.0261. The monoisotopic (exact) mass is 376 g/mol. The van der Waals surface area contributed by atoms with Gasteiger partial charge in [-0.15, -0.1) is 0 Å². The summed E-state index contributed by atoms with van der Waals surface area (Å²) in [4.78, 5) is 11.2. The molecule has 1 aromatic rings. The Hall–Kier alpha value is -1.89. The van der Waals surface area contributed by atoms with Crippen molar-refractivity contribution in [2.45, 2.75) is 50.5 Å². The highest BCUT2D eigenvalue weighted by molar-refractivity contribution is 6.32. The highest BCUT2D eigenvalue weighted by atomic mass is 35.5. The van der Waals surface area contributed by atoms with Crippen LogP contribution in [0, 0.1) is 0 Å². The average Bonchev–Trinajstić information content (AvgIpc) is 2.53. The highest BCUT2D eigenvalue weighted by Crippen LogP contribution is 2.43. The lowest BCUT2D eigenvalue weighted by Crippen LogP contribution is -2.40. The Labute approximate surface area is 147 Å². The number of carbonyl (C=O) groups is 1. The third-order valence-corrected chi connectivity index (χ3v) is 4.55. The van der Waals surface area contributed by atoms with Gasteiger partial charge < -0.3 is 14.6 Å². The Balaban J connectivity index is 1.94. The zero-order chi connectivity index (χ0) is 18.2. The molecule has 0 bridgehead atoms. The number of hydrogen-bond acceptors (Lipinski definition) is 3. The molecule has 1 N–H and O–H groups in total. The van der Waals surface area contributed by atoms with Crippen LogP contribution in [-0.4, -0.2) is 29.5 Å². The Kier molecular flexibility index (Phi) is 4.86. The third-order valence-electron chi connectivity index (χ3n) is 4.27. The minimum Gasteiger partial charge on any atom is -0.490 e.